The zero-order valence-electron chi connectivity index (χ0n) is 14.5. The van der Waals surface area contributed by atoms with E-state index >= 15 is 0 Å². The third-order valence-corrected chi connectivity index (χ3v) is 3.88. The average molecular weight is 369 g/mol. The van der Waals surface area contributed by atoms with E-state index in [4.69, 9.17) is 19.7 Å². The van der Waals surface area contributed by atoms with E-state index in [-0.39, 0.29) is 25.5 Å². The molecule has 27 heavy (non-hydrogen) atoms. The second-order valence-corrected chi connectivity index (χ2v) is 5.61. The molecule has 0 spiro atoms. The van der Waals surface area contributed by atoms with Crippen molar-refractivity contribution in [2.24, 2.45) is 5.11 Å². The molecule has 0 saturated carbocycles. The summed E-state index contributed by atoms with van der Waals surface area (Å²) < 4.78 is 16.1. The normalized spacial score (nSPS) is 15.0. The van der Waals surface area contributed by atoms with Crippen molar-refractivity contribution in [3.8, 4) is 11.6 Å². The maximum Gasteiger partial charge on any atom is 0.492 e. The highest BCUT2D eigenvalue weighted by Gasteiger charge is 2.38. The summed E-state index contributed by atoms with van der Waals surface area (Å²) in [5.41, 5.74) is 10.3. The fourth-order valence-electron chi connectivity index (χ4n) is 2.88. The lowest BCUT2D eigenvalue weighted by molar-refractivity contribution is -0.145. The van der Waals surface area contributed by atoms with Gasteiger partial charge < -0.3 is 19.2 Å². The predicted molar refractivity (Wildman–Crippen MR) is 94.1 cm³/mol. The maximum atomic E-state index is 11.8. The van der Waals surface area contributed by atoms with E-state index < -0.39 is 19.2 Å². The zero-order valence-corrected chi connectivity index (χ0v) is 14.5. The molecule has 1 aromatic carbocycles. The van der Waals surface area contributed by atoms with Crippen molar-refractivity contribution in [3.05, 3.63) is 52.3 Å². The molecule has 0 saturated heterocycles. The standard InChI is InChI=1S/C16H16BN5O5/c1-2-25-15(23)7-13-16-10(8-21-22-18)5-11(6-12(16)17(24)27-13)26-14-9-19-3-4-20-14/h3-6,9,13,24H,2,7-8H2,1H3. The Hall–Kier alpha value is -3.14. The molecule has 1 unspecified atom stereocenters. The summed E-state index contributed by atoms with van der Waals surface area (Å²) >= 11 is 0. The Morgan fingerprint density at radius 2 is 2.33 bits per heavy atom. The van der Waals surface area contributed by atoms with Crippen LogP contribution in [-0.2, 0) is 20.7 Å². The van der Waals surface area contributed by atoms with Crippen molar-refractivity contribution >= 4 is 18.6 Å². The highest BCUT2D eigenvalue weighted by molar-refractivity contribution is 6.62. The molecule has 1 aliphatic heterocycles. The number of carbonyl (C=O) groups is 1. The minimum atomic E-state index is -1.24. The fraction of sp³-hybridized carbons (Fsp3) is 0.312. The topological polar surface area (TPSA) is 140 Å². The van der Waals surface area contributed by atoms with E-state index in [1.807, 2.05) is 0 Å². The number of benzene rings is 1. The van der Waals surface area contributed by atoms with Crippen LogP contribution in [0.15, 0.2) is 35.8 Å². The molecule has 138 valence electrons. The molecule has 0 aliphatic carbocycles. The molecule has 0 radical (unpaired) electrons. The second-order valence-electron chi connectivity index (χ2n) is 5.61. The van der Waals surface area contributed by atoms with Gasteiger partial charge in [0.15, 0.2) is 0 Å². The number of fused-ring (bicyclic) bond motifs is 1. The van der Waals surface area contributed by atoms with E-state index in [1.165, 1.54) is 18.6 Å². The molecule has 1 N–H and O–H groups in total. The lowest BCUT2D eigenvalue weighted by Gasteiger charge is -2.15. The molecular weight excluding hydrogens is 353 g/mol. The molecule has 1 aliphatic rings. The van der Waals surface area contributed by atoms with Gasteiger partial charge in [-0.2, -0.15) is 0 Å². The summed E-state index contributed by atoms with van der Waals surface area (Å²) in [7, 11) is -1.24. The molecule has 0 amide bonds. The van der Waals surface area contributed by atoms with E-state index in [9.17, 15) is 9.82 Å². The Balaban J connectivity index is 1.96. The van der Waals surface area contributed by atoms with Gasteiger partial charge in [-0.25, -0.2) is 4.98 Å². The third-order valence-electron chi connectivity index (χ3n) is 3.88. The lowest BCUT2D eigenvalue weighted by atomic mass is 9.77. The zero-order chi connectivity index (χ0) is 19.2. The molecular formula is C16H16BN5O5. The van der Waals surface area contributed by atoms with Crippen molar-refractivity contribution in [1.82, 2.24) is 9.97 Å². The van der Waals surface area contributed by atoms with Crippen LogP contribution in [0.4, 0.5) is 0 Å². The van der Waals surface area contributed by atoms with E-state index in [1.54, 1.807) is 19.1 Å². The van der Waals surface area contributed by atoms with Crippen LogP contribution >= 0.6 is 0 Å². The molecule has 2 heterocycles. The van der Waals surface area contributed by atoms with Gasteiger partial charge in [0.25, 0.3) is 0 Å². The first-order valence-corrected chi connectivity index (χ1v) is 8.23. The monoisotopic (exact) mass is 369 g/mol. The van der Waals surface area contributed by atoms with E-state index in [0.717, 1.165) is 0 Å². The molecule has 0 fully saturated rings. The van der Waals surface area contributed by atoms with Crippen LogP contribution in [0.1, 0.15) is 30.6 Å². The minimum Gasteiger partial charge on any atom is -0.466 e. The summed E-state index contributed by atoms with van der Waals surface area (Å²) in [5, 5.41) is 13.9. The predicted octanol–water partition coefficient (Wildman–Crippen LogP) is 1.79. The van der Waals surface area contributed by atoms with Gasteiger partial charge in [-0.1, -0.05) is 5.11 Å². The van der Waals surface area contributed by atoms with E-state index in [0.29, 0.717) is 22.3 Å². The van der Waals surface area contributed by atoms with Gasteiger partial charge in [-0.3, -0.25) is 9.78 Å². The van der Waals surface area contributed by atoms with Crippen molar-refractivity contribution in [2.75, 3.05) is 6.61 Å². The Labute approximate surface area is 154 Å². The number of hydrogen-bond donors (Lipinski definition) is 1. The van der Waals surface area contributed by atoms with Gasteiger partial charge in [0.05, 0.1) is 31.9 Å². The van der Waals surface area contributed by atoms with Crippen LogP contribution < -0.4 is 10.2 Å². The number of ether oxygens (including phenoxy) is 2. The molecule has 2 aromatic rings. The highest BCUT2D eigenvalue weighted by Crippen LogP contribution is 2.34. The molecule has 1 aromatic heterocycles. The number of azide groups is 1. The molecule has 10 nitrogen and oxygen atoms in total. The Morgan fingerprint density at radius 1 is 1.48 bits per heavy atom. The number of nitrogens with zero attached hydrogens (tertiary/aromatic N) is 5. The Morgan fingerprint density at radius 3 is 3.04 bits per heavy atom. The largest absolute Gasteiger partial charge is 0.492 e. The summed E-state index contributed by atoms with van der Waals surface area (Å²) in [6, 6.07) is 3.25. The summed E-state index contributed by atoms with van der Waals surface area (Å²) in [6.45, 7) is 1.96. The quantitative estimate of drug-likeness (QED) is 0.258. The SMILES string of the molecule is CCOC(=O)CC1OB(O)c2cc(Oc3cnccn3)cc(CN=[N+]=[N-])c21. The van der Waals surface area contributed by atoms with Crippen LogP contribution in [-0.4, -0.2) is 34.7 Å². The smallest absolute Gasteiger partial charge is 0.466 e. The first kappa shape index (κ1) is 18.6. The number of rotatable bonds is 7. The van der Waals surface area contributed by atoms with Gasteiger partial charge in [0.2, 0.25) is 5.88 Å². The number of hydrogen-bond acceptors (Lipinski definition) is 8. The van der Waals surface area contributed by atoms with Crippen molar-refractivity contribution in [1.29, 1.82) is 0 Å². The number of aromatic nitrogens is 2. The van der Waals surface area contributed by atoms with Gasteiger partial charge in [0.1, 0.15) is 5.75 Å². The van der Waals surface area contributed by atoms with Crippen LogP contribution in [0, 0.1) is 0 Å². The van der Waals surface area contributed by atoms with Gasteiger partial charge in [0, 0.05) is 17.3 Å². The van der Waals surface area contributed by atoms with Gasteiger partial charge in [-0.05, 0) is 41.2 Å². The summed E-state index contributed by atoms with van der Waals surface area (Å²) in [5.74, 6) is 0.192. The molecule has 1 atom stereocenters. The highest BCUT2D eigenvalue weighted by atomic mass is 16.5. The van der Waals surface area contributed by atoms with Crippen LogP contribution in [0.3, 0.4) is 0 Å². The first-order valence-electron chi connectivity index (χ1n) is 8.23. The molecule has 3 rings (SSSR count). The van der Waals surface area contributed by atoms with Gasteiger partial charge >= 0.3 is 13.1 Å². The molecule has 0 bridgehead atoms. The number of carbonyl (C=O) groups excluding carboxylic acids is 1. The second kappa shape index (κ2) is 8.50. The lowest BCUT2D eigenvalue weighted by Crippen LogP contribution is -2.28. The van der Waals surface area contributed by atoms with Crippen molar-refractivity contribution in [3.63, 3.8) is 0 Å². The van der Waals surface area contributed by atoms with Crippen LogP contribution in [0.5, 0.6) is 11.6 Å². The summed E-state index contributed by atoms with van der Waals surface area (Å²) in [4.78, 5) is 22.6. The molecule has 11 heteroatoms. The number of esters is 1. The van der Waals surface area contributed by atoms with Gasteiger partial charge in [-0.15, -0.1) is 0 Å². The van der Waals surface area contributed by atoms with Crippen LogP contribution in [0.25, 0.3) is 10.4 Å². The Bertz CT molecular complexity index is 875. The third kappa shape index (κ3) is 4.34. The van der Waals surface area contributed by atoms with Crippen molar-refractivity contribution in [2.45, 2.75) is 26.0 Å². The fourth-order valence-corrected chi connectivity index (χ4v) is 2.88. The van der Waals surface area contributed by atoms with E-state index in [2.05, 4.69) is 20.0 Å². The van der Waals surface area contributed by atoms with Crippen LogP contribution in [0.2, 0.25) is 0 Å². The first-order chi connectivity index (χ1) is 13.1. The average Bonchev–Trinajstić information content (AvgIpc) is 2.96. The minimum absolute atomic E-state index is 0.00586. The maximum absolute atomic E-state index is 11.8. The van der Waals surface area contributed by atoms with Crippen molar-refractivity contribution < 1.29 is 23.9 Å². The summed E-state index contributed by atoms with van der Waals surface area (Å²) in [6.07, 6.45) is 3.67. The Kier molecular flexibility index (Phi) is 5.87.